The summed E-state index contributed by atoms with van der Waals surface area (Å²) in [4.78, 5) is 5.17. The maximum atomic E-state index is 9.96. The van der Waals surface area contributed by atoms with Crippen LogP contribution in [0.3, 0.4) is 0 Å². The molecule has 0 aromatic heterocycles. The Balaban J connectivity index is 1.86. The van der Waals surface area contributed by atoms with Crippen LogP contribution < -0.4 is 0 Å². The van der Waals surface area contributed by atoms with Crippen LogP contribution in [0.15, 0.2) is 0 Å². The highest BCUT2D eigenvalue weighted by molar-refractivity contribution is 4.89. The van der Waals surface area contributed by atoms with E-state index in [0.717, 1.165) is 25.4 Å². The third kappa shape index (κ3) is 3.43. The first-order valence-electron chi connectivity index (χ1n) is 7.37. The quantitative estimate of drug-likeness (QED) is 0.810. The average Bonchev–Trinajstić information content (AvgIpc) is 2.30. The maximum absolute atomic E-state index is 9.96. The molecule has 2 rings (SSSR count). The number of fused-ring (bicyclic) bond motifs is 1. The second kappa shape index (κ2) is 6.17. The number of hydrogen-bond donors (Lipinski definition) is 1. The molecule has 0 aliphatic carbocycles. The second-order valence-corrected chi connectivity index (χ2v) is 5.89. The Kier molecular flexibility index (Phi) is 4.83. The molecule has 2 fully saturated rings. The molecule has 3 atom stereocenters. The topological polar surface area (TPSA) is 26.7 Å². The minimum Gasteiger partial charge on any atom is -0.392 e. The summed E-state index contributed by atoms with van der Waals surface area (Å²) in [6.07, 6.45) is 6.02. The molecule has 0 spiro atoms. The van der Waals surface area contributed by atoms with Crippen LogP contribution in [0.1, 0.15) is 46.0 Å². The lowest BCUT2D eigenvalue weighted by atomic mass is 9.96. The van der Waals surface area contributed by atoms with E-state index in [4.69, 9.17) is 0 Å². The molecule has 0 radical (unpaired) electrons. The van der Waals surface area contributed by atoms with Crippen LogP contribution >= 0.6 is 0 Å². The van der Waals surface area contributed by atoms with Gasteiger partial charge in [0.1, 0.15) is 0 Å². The van der Waals surface area contributed by atoms with Crippen molar-refractivity contribution in [2.75, 3.05) is 26.2 Å². The third-order valence-corrected chi connectivity index (χ3v) is 4.38. The molecule has 3 heteroatoms. The van der Waals surface area contributed by atoms with E-state index >= 15 is 0 Å². The number of piperazine rings is 1. The van der Waals surface area contributed by atoms with Crippen molar-refractivity contribution >= 4 is 0 Å². The van der Waals surface area contributed by atoms with Crippen LogP contribution in [-0.4, -0.2) is 59.3 Å². The van der Waals surface area contributed by atoms with Gasteiger partial charge >= 0.3 is 0 Å². The summed E-state index contributed by atoms with van der Waals surface area (Å²) in [7, 11) is 0. The van der Waals surface area contributed by atoms with Gasteiger partial charge in [0.25, 0.3) is 0 Å². The summed E-state index contributed by atoms with van der Waals surface area (Å²) in [5.74, 6) is 0. The van der Waals surface area contributed by atoms with Crippen LogP contribution in [-0.2, 0) is 0 Å². The van der Waals surface area contributed by atoms with Crippen molar-refractivity contribution in [2.45, 2.75) is 64.1 Å². The van der Waals surface area contributed by atoms with Gasteiger partial charge in [-0.2, -0.15) is 0 Å². The molecule has 0 aromatic rings. The summed E-state index contributed by atoms with van der Waals surface area (Å²) in [6.45, 7) is 8.99. The highest BCUT2D eigenvalue weighted by Gasteiger charge is 2.33. The van der Waals surface area contributed by atoms with Crippen molar-refractivity contribution in [1.29, 1.82) is 0 Å². The van der Waals surface area contributed by atoms with Crippen molar-refractivity contribution in [3.05, 3.63) is 0 Å². The Hall–Kier alpha value is -0.120. The molecular formula is C14H28N2O. The van der Waals surface area contributed by atoms with E-state index in [1.54, 1.807) is 0 Å². The van der Waals surface area contributed by atoms with Gasteiger partial charge in [-0.1, -0.05) is 19.8 Å². The minimum absolute atomic E-state index is 0.127. The Morgan fingerprint density at radius 1 is 1.29 bits per heavy atom. The summed E-state index contributed by atoms with van der Waals surface area (Å²) < 4.78 is 0. The zero-order valence-electron chi connectivity index (χ0n) is 11.4. The first-order valence-corrected chi connectivity index (χ1v) is 7.37. The van der Waals surface area contributed by atoms with E-state index in [9.17, 15) is 5.11 Å². The summed E-state index contributed by atoms with van der Waals surface area (Å²) in [6, 6.07) is 1.37. The number of rotatable bonds is 4. The van der Waals surface area contributed by atoms with Crippen LogP contribution in [0.4, 0.5) is 0 Å². The Morgan fingerprint density at radius 2 is 2.12 bits per heavy atom. The van der Waals surface area contributed by atoms with Crippen molar-refractivity contribution in [2.24, 2.45) is 0 Å². The zero-order valence-corrected chi connectivity index (χ0v) is 11.4. The van der Waals surface area contributed by atoms with Gasteiger partial charge in [0.05, 0.1) is 6.10 Å². The fourth-order valence-electron chi connectivity index (χ4n) is 3.36. The lowest BCUT2D eigenvalue weighted by Gasteiger charge is -2.48. The second-order valence-electron chi connectivity index (χ2n) is 5.89. The zero-order chi connectivity index (χ0) is 12.3. The predicted octanol–water partition coefficient (Wildman–Crippen LogP) is 1.71. The van der Waals surface area contributed by atoms with E-state index in [2.05, 4.69) is 23.6 Å². The Bertz CT molecular complexity index is 234. The molecule has 2 saturated heterocycles. The van der Waals surface area contributed by atoms with Gasteiger partial charge in [-0.05, 0) is 32.7 Å². The minimum atomic E-state index is -0.127. The first kappa shape index (κ1) is 13.3. The van der Waals surface area contributed by atoms with Gasteiger partial charge in [0.2, 0.25) is 0 Å². The number of β-amino-alcohol motifs (C(OH)–C–C–N with tert-alkyl or cyclic N) is 1. The smallest absolute Gasteiger partial charge is 0.0667 e. The molecule has 3 unspecified atom stereocenters. The molecule has 0 saturated carbocycles. The standard InChI is InChI=1S/C14H28N2O/c1-3-6-14(17)11-16-10-13-7-4-5-8-15(13)9-12(16)2/h12-14,17H,3-11H2,1-2H3. The summed E-state index contributed by atoms with van der Waals surface area (Å²) in [5, 5.41) is 9.96. The van der Waals surface area contributed by atoms with E-state index in [1.165, 1.54) is 38.9 Å². The fraction of sp³-hybridized carbons (Fsp3) is 1.00. The SMILES string of the molecule is CCCC(O)CN1CC2CCCCN2CC1C. The number of hydrogen-bond acceptors (Lipinski definition) is 3. The molecule has 2 heterocycles. The fourth-order valence-corrected chi connectivity index (χ4v) is 3.36. The van der Waals surface area contributed by atoms with E-state index in [1.807, 2.05) is 0 Å². The normalized spacial score (nSPS) is 33.4. The molecule has 0 amide bonds. The van der Waals surface area contributed by atoms with Gasteiger partial charge in [-0.3, -0.25) is 9.80 Å². The number of nitrogens with zero attached hydrogens (tertiary/aromatic N) is 2. The highest BCUT2D eigenvalue weighted by atomic mass is 16.3. The van der Waals surface area contributed by atoms with Crippen molar-refractivity contribution < 1.29 is 5.11 Å². The lowest BCUT2D eigenvalue weighted by Crippen LogP contribution is -2.59. The van der Waals surface area contributed by atoms with Gasteiger partial charge in [-0.15, -0.1) is 0 Å². The van der Waals surface area contributed by atoms with Gasteiger partial charge in [0.15, 0.2) is 0 Å². The Morgan fingerprint density at radius 3 is 2.88 bits per heavy atom. The van der Waals surface area contributed by atoms with E-state index in [0.29, 0.717) is 6.04 Å². The number of piperidine rings is 1. The largest absolute Gasteiger partial charge is 0.392 e. The lowest BCUT2D eigenvalue weighted by molar-refractivity contribution is -0.00847. The van der Waals surface area contributed by atoms with Crippen LogP contribution in [0.25, 0.3) is 0 Å². The van der Waals surface area contributed by atoms with E-state index < -0.39 is 0 Å². The Labute approximate surface area is 106 Å². The van der Waals surface area contributed by atoms with Gasteiger partial charge in [0, 0.05) is 31.7 Å². The monoisotopic (exact) mass is 240 g/mol. The molecular weight excluding hydrogens is 212 g/mol. The summed E-state index contributed by atoms with van der Waals surface area (Å²) >= 11 is 0. The highest BCUT2D eigenvalue weighted by Crippen LogP contribution is 2.24. The van der Waals surface area contributed by atoms with Crippen LogP contribution in [0, 0.1) is 0 Å². The van der Waals surface area contributed by atoms with Gasteiger partial charge in [-0.25, -0.2) is 0 Å². The predicted molar refractivity (Wildman–Crippen MR) is 71.2 cm³/mol. The maximum Gasteiger partial charge on any atom is 0.0667 e. The van der Waals surface area contributed by atoms with E-state index in [-0.39, 0.29) is 6.10 Å². The molecule has 2 aliphatic rings. The van der Waals surface area contributed by atoms with Crippen molar-refractivity contribution in [3.8, 4) is 0 Å². The average molecular weight is 240 g/mol. The third-order valence-electron chi connectivity index (χ3n) is 4.38. The van der Waals surface area contributed by atoms with Crippen molar-refractivity contribution in [3.63, 3.8) is 0 Å². The van der Waals surface area contributed by atoms with Gasteiger partial charge < -0.3 is 5.11 Å². The van der Waals surface area contributed by atoms with Crippen LogP contribution in [0.2, 0.25) is 0 Å². The number of aliphatic hydroxyl groups excluding tert-OH is 1. The van der Waals surface area contributed by atoms with Crippen LogP contribution in [0.5, 0.6) is 0 Å². The molecule has 1 N–H and O–H groups in total. The molecule has 3 nitrogen and oxygen atoms in total. The molecule has 17 heavy (non-hydrogen) atoms. The molecule has 0 aromatic carbocycles. The van der Waals surface area contributed by atoms with Crippen molar-refractivity contribution in [1.82, 2.24) is 9.80 Å². The molecule has 100 valence electrons. The molecule has 0 bridgehead atoms. The number of aliphatic hydroxyl groups is 1. The first-order chi connectivity index (χ1) is 8.20. The summed E-state index contributed by atoms with van der Waals surface area (Å²) in [5.41, 5.74) is 0. The molecule has 2 aliphatic heterocycles.